The number of amides is 1. The predicted molar refractivity (Wildman–Crippen MR) is 87.8 cm³/mol. The fourth-order valence-electron chi connectivity index (χ4n) is 2.52. The van der Waals surface area contributed by atoms with Gasteiger partial charge in [0.05, 0.1) is 7.11 Å². The topological polar surface area (TPSA) is 58.6 Å². The minimum Gasteiger partial charge on any atom is -0.494 e. The monoisotopic (exact) mass is 344 g/mol. The maximum Gasteiger partial charge on any atom is 0.223 e. The van der Waals surface area contributed by atoms with Crippen LogP contribution in [0.1, 0.15) is 30.1 Å². The van der Waals surface area contributed by atoms with Gasteiger partial charge in [0.2, 0.25) is 5.91 Å². The summed E-state index contributed by atoms with van der Waals surface area (Å²) in [5.41, 5.74) is 0.264. The van der Waals surface area contributed by atoms with E-state index in [0.29, 0.717) is 13.1 Å². The van der Waals surface area contributed by atoms with Crippen LogP contribution in [0, 0.1) is 5.82 Å². The molecule has 1 fully saturated rings. The van der Waals surface area contributed by atoms with E-state index in [1.807, 2.05) is 6.92 Å². The van der Waals surface area contributed by atoms with Gasteiger partial charge in [0.25, 0.3) is 0 Å². The summed E-state index contributed by atoms with van der Waals surface area (Å²) in [4.78, 5) is 25.9. The minimum atomic E-state index is -0.574. The number of nitrogens with one attached hydrogen (secondary N) is 1. The van der Waals surface area contributed by atoms with Crippen molar-refractivity contribution >= 4 is 24.1 Å². The van der Waals surface area contributed by atoms with Crippen molar-refractivity contribution in [2.75, 3.05) is 26.7 Å². The van der Waals surface area contributed by atoms with E-state index in [0.717, 1.165) is 12.6 Å². The number of nitrogens with zero attached hydrogens (tertiary/aromatic N) is 1. The molecule has 0 radical (unpaired) electrons. The van der Waals surface area contributed by atoms with Gasteiger partial charge in [-0.05, 0) is 25.1 Å². The van der Waals surface area contributed by atoms with E-state index < -0.39 is 5.82 Å². The Morgan fingerprint density at radius 3 is 2.74 bits per heavy atom. The SMILES string of the molecule is COc1ccc(C(=O)CCC(=O)N2CCN[C@@H](C)C2)cc1F.Cl. The number of benzene rings is 1. The quantitative estimate of drug-likeness (QED) is 0.830. The summed E-state index contributed by atoms with van der Waals surface area (Å²) in [7, 11) is 1.37. The molecule has 1 amide bonds. The average molecular weight is 345 g/mol. The zero-order valence-corrected chi connectivity index (χ0v) is 14.1. The zero-order chi connectivity index (χ0) is 16.1. The molecule has 1 aliphatic heterocycles. The van der Waals surface area contributed by atoms with Crippen molar-refractivity contribution in [3.05, 3.63) is 29.6 Å². The molecule has 7 heteroatoms. The van der Waals surface area contributed by atoms with Gasteiger partial charge < -0.3 is 15.0 Å². The van der Waals surface area contributed by atoms with E-state index in [4.69, 9.17) is 4.74 Å². The molecule has 1 aromatic rings. The first-order valence-corrected chi connectivity index (χ1v) is 7.39. The number of ketones is 1. The summed E-state index contributed by atoms with van der Waals surface area (Å²) in [6.45, 7) is 4.11. The number of carbonyl (C=O) groups is 2. The Bertz CT molecular complexity index is 568. The molecule has 23 heavy (non-hydrogen) atoms. The Morgan fingerprint density at radius 1 is 1.39 bits per heavy atom. The van der Waals surface area contributed by atoms with Gasteiger partial charge in [-0.15, -0.1) is 12.4 Å². The maximum absolute atomic E-state index is 13.6. The second-order valence-electron chi connectivity index (χ2n) is 5.47. The Morgan fingerprint density at radius 2 is 2.13 bits per heavy atom. The van der Waals surface area contributed by atoms with E-state index in [1.165, 1.54) is 19.2 Å². The van der Waals surface area contributed by atoms with Crippen molar-refractivity contribution < 1.29 is 18.7 Å². The molecule has 0 bridgehead atoms. The molecule has 2 rings (SSSR count). The molecule has 1 atom stereocenters. The summed E-state index contributed by atoms with van der Waals surface area (Å²) < 4.78 is 18.4. The summed E-state index contributed by atoms with van der Waals surface area (Å²) in [6, 6.07) is 4.35. The van der Waals surface area contributed by atoms with Crippen molar-refractivity contribution in [2.24, 2.45) is 0 Å². The van der Waals surface area contributed by atoms with E-state index >= 15 is 0 Å². The molecule has 0 aliphatic carbocycles. The molecular weight excluding hydrogens is 323 g/mol. The van der Waals surface area contributed by atoms with Gasteiger partial charge >= 0.3 is 0 Å². The normalized spacial score (nSPS) is 17.3. The summed E-state index contributed by atoms with van der Waals surface area (Å²) in [5.74, 6) is -0.744. The Labute approximate surface area is 141 Å². The molecule has 5 nitrogen and oxygen atoms in total. The van der Waals surface area contributed by atoms with Crippen molar-refractivity contribution in [3.8, 4) is 5.75 Å². The number of ether oxygens (including phenoxy) is 1. The highest BCUT2D eigenvalue weighted by molar-refractivity contribution is 5.98. The fraction of sp³-hybridized carbons (Fsp3) is 0.500. The number of rotatable bonds is 5. The molecule has 0 saturated carbocycles. The molecule has 128 valence electrons. The molecule has 1 heterocycles. The van der Waals surface area contributed by atoms with Crippen molar-refractivity contribution in [1.29, 1.82) is 0 Å². The maximum atomic E-state index is 13.6. The van der Waals surface area contributed by atoms with Crippen LogP contribution in [0.15, 0.2) is 18.2 Å². The van der Waals surface area contributed by atoms with Gasteiger partial charge in [0, 0.05) is 44.1 Å². The first kappa shape index (κ1) is 19.4. The van der Waals surface area contributed by atoms with Crippen LogP contribution in [0.4, 0.5) is 4.39 Å². The Balaban J connectivity index is 0.00000264. The second-order valence-corrected chi connectivity index (χ2v) is 5.47. The lowest BCUT2D eigenvalue weighted by Gasteiger charge is -2.31. The van der Waals surface area contributed by atoms with Gasteiger partial charge in [-0.25, -0.2) is 4.39 Å². The van der Waals surface area contributed by atoms with E-state index in [9.17, 15) is 14.0 Å². The third kappa shape index (κ3) is 5.18. The number of hydrogen-bond acceptors (Lipinski definition) is 4. The molecule has 1 N–H and O–H groups in total. The lowest BCUT2D eigenvalue weighted by molar-refractivity contribution is -0.132. The molecule has 0 unspecified atom stereocenters. The van der Waals surface area contributed by atoms with Crippen molar-refractivity contribution in [1.82, 2.24) is 10.2 Å². The second kappa shape index (κ2) is 8.84. The van der Waals surface area contributed by atoms with Crippen LogP contribution >= 0.6 is 12.4 Å². The first-order chi connectivity index (χ1) is 10.5. The number of piperazine rings is 1. The third-order valence-corrected chi connectivity index (χ3v) is 3.76. The largest absolute Gasteiger partial charge is 0.494 e. The molecule has 1 aliphatic rings. The van der Waals surface area contributed by atoms with Gasteiger partial charge in [0.1, 0.15) is 0 Å². The molecule has 1 aromatic carbocycles. The van der Waals surface area contributed by atoms with E-state index in [-0.39, 0.29) is 54.3 Å². The Kier molecular flexibility index (Phi) is 7.45. The summed E-state index contributed by atoms with van der Waals surface area (Å²) in [5, 5.41) is 3.26. The van der Waals surface area contributed by atoms with Crippen LogP contribution in [0.5, 0.6) is 5.75 Å². The molecular formula is C16H22ClFN2O3. The average Bonchev–Trinajstić information content (AvgIpc) is 2.52. The summed E-state index contributed by atoms with van der Waals surface area (Å²) >= 11 is 0. The van der Waals surface area contributed by atoms with Gasteiger partial charge in [-0.3, -0.25) is 9.59 Å². The zero-order valence-electron chi connectivity index (χ0n) is 13.3. The van der Waals surface area contributed by atoms with Crippen LogP contribution in [0.2, 0.25) is 0 Å². The number of hydrogen-bond donors (Lipinski definition) is 1. The van der Waals surface area contributed by atoms with Gasteiger partial charge in [-0.2, -0.15) is 0 Å². The van der Waals surface area contributed by atoms with E-state index in [2.05, 4.69) is 5.32 Å². The molecule has 0 spiro atoms. The van der Waals surface area contributed by atoms with Crippen molar-refractivity contribution in [3.63, 3.8) is 0 Å². The number of halogens is 2. The molecule has 1 saturated heterocycles. The van der Waals surface area contributed by atoms with E-state index in [1.54, 1.807) is 4.90 Å². The van der Waals surface area contributed by atoms with Crippen LogP contribution < -0.4 is 10.1 Å². The lowest BCUT2D eigenvalue weighted by Crippen LogP contribution is -2.51. The minimum absolute atomic E-state index is 0. The highest BCUT2D eigenvalue weighted by Gasteiger charge is 2.21. The van der Waals surface area contributed by atoms with Crippen molar-refractivity contribution in [2.45, 2.75) is 25.8 Å². The highest BCUT2D eigenvalue weighted by atomic mass is 35.5. The van der Waals surface area contributed by atoms with Gasteiger partial charge in [-0.1, -0.05) is 0 Å². The van der Waals surface area contributed by atoms with Crippen LogP contribution in [0.3, 0.4) is 0 Å². The lowest BCUT2D eigenvalue weighted by atomic mass is 10.1. The van der Waals surface area contributed by atoms with Crippen LogP contribution in [0.25, 0.3) is 0 Å². The van der Waals surface area contributed by atoms with Crippen LogP contribution in [-0.2, 0) is 4.79 Å². The molecule has 0 aromatic heterocycles. The summed E-state index contributed by atoms with van der Waals surface area (Å²) in [6.07, 6.45) is 0.238. The Hall–Kier alpha value is -1.66. The number of Topliss-reactive ketones (excluding diaryl/α,β-unsaturated/α-hetero) is 1. The number of methoxy groups -OCH3 is 1. The third-order valence-electron chi connectivity index (χ3n) is 3.76. The smallest absolute Gasteiger partial charge is 0.223 e. The first-order valence-electron chi connectivity index (χ1n) is 7.39. The highest BCUT2D eigenvalue weighted by Crippen LogP contribution is 2.19. The fourth-order valence-corrected chi connectivity index (χ4v) is 2.52. The van der Waals surface area contributed by atoms with Gasteiger partial charge in [0.15, 0.2) is 17.3 Å². The number of carbonyl (C=O) groups excluding carboxylic acids is 2. The standard InChI is InChI=1S/C16H21FN2O3.ClH/c1-11-10-19(8-7-18-11)16(21)6-4-14(20)12-3-5-15(22-2)13(17)9-12;/h3,5,9,11,18H,4,6-8,10H2,1-2H3;1H/t11-;/m0./s1. The van der Waals surface area contributed by atoms with Crippen LogP contribution in [-0.4, -0.2) is 49.4 Å². The predicted octanol–water partition coefficient (Wildman–Crippen LogP) is 2.04.